The number of hydrogen-bond acceptors (Lipinski definition) is 7. The Balaban J connectivity index is 1.47. The number of ether oxygens (including phenoxy) is 1. The van der Waals surface area contributed by atoms with Crippen molar-refractivity contribution >= 4 is 45.1 Å². The first kappa shape index (κ1) is 18.9. The van der Waals surface area contributed by atoms with Gasteiger partial charge in [-0.3, -0.25) is 14.9 Å². The highest BCUT2D eigenvalue weighted by molar-refractivity contribution is 8.00. The molecule has 2 heterocycles. The minimum absolute atomic E-state index is 0.109. The lowest BCUT2D eigenvalue weighted by Gasteiger charge is -2.11. The topological polar surface area (TPSA) is 81.2 Å². The zero-order valence-corrected chi connectivity index (χ0v) is 17.0. The number of aromatic nitrogens is 2. The first-order chi connectivity index (χ1) is 13.7. The summed E-state index contributed by atoms with van der Waals surface area (Å²) in [6.45, 7) is 0. The van der Waals surface area contributed by atoms with E-state index in [-0.39, 0.29) is 11.7 Å². The Morgan fingerprint density at radius 3 is 2.89 bits per heavy atom. The Labute approximate surface area is 170 Å². The van der Waals surface area contributed by atoms with Crippen LogP contribution in [0.3, 0.4) is 0 Å². The van der Waals surface area contributed by atoms with E-state index in [0.717, 1.165) is 28.1 Å². The molecule has 2 aromatic heterocycles. The number of nitrogens with zero attached hydrogens (tertiary/aromatic N) is 2. The molecular weight excluding hydrogens is 394 g/mol. The molecule has 4 rings (SSSR count). The van der Waals surface area contributed by atoms with Crippen molar-refractivity contribution in [2.24, 2.45) is 0 Å². The summed E-state index contributed by atoms with van der Waals surface area (Å²) in [5.41, 5.74) is 1.67. The van der Waals surface area contributed by atoms with Gasteiger partial charge >= 0.3 is 0 Å². The standard InChI is InChI=1S/C20H19N3O3S2/c1-26-14-8-4-2-6-12(14)18(25)23-16(24)10-27-19-17-13-7-3-5-9-15(13)28-20(17)22-11-21-19/h2,4,6,8,11H,3,5,7,9-10H2,1H3,(H,23,24,25). The molecule has 0 saturated heterocycles. The van der Waals surface area contributed by atoms with Gasteiger partial charge in [0, 0.05) is 10.3 Å². The van der Waals surface area contributed by atoms with Crippen molar-refractivity contribution in [1.29, 1.82) is 0 Å². The third-order valence-electron chi connectivity index (χ3n) is 4.66. The number of carbonyl (C=O) groups is 2. The molecule has 0 aliphatic heterocycles. The summed E-state index contributed by atoms with van der Waals surface area (Å²) in [6.07, 6.45) is 6.06. The van der Waals surface area contributed by atoms with Crippen LogP contribution in [0, 0.1) is 0 Å². The lowest BCUT2D eigenvalue weighted by atomic mass is 9.97. The third-order valence-corrected chi connectivity index (χ3v) is 6.85. The molecule has 1 aliphatic rings. The molecule has 0 unspecified atom stereocenters. The van der Waals surface area contributed by atoms with Crippen molar-refractivity contribution in [3.63, 3.8) is 0 Å². The van der Waals surface area contributed by atoms with Crippen LogP contribution in [0.25, 0.3) is 10.2 Å². The van der Waals surface area contributed by atoms with Gasteiger partial charge in [-0.2, -0.15) is 0 Å². The van der Waals surface area contributed by atoms with Crippen molar-refractivity contribution in [2.75, 3.05) is 12.9 Å². The summed E-state index contributed by atoms with van der Waals surface area (Å²) in [7, 11) is 1.49. The maximum atomic E-state index is 12.4. The van der Waals surface area contributed by atoms with Crippen molar-refractivity contribution in [2.45, 2.75) is 30.7 Å². The van der Waals surface area contributed by atoms with Gasteiger partial charge in [-0.15, -0.1) is 11.3 Å². The van der Waals surface area contributed by atoms with Crippen LogP contribution in [0.1, 0.15) is 33.6 Å². The van der Waals surface area contributed by atoms with Crippen LogP contribution >= 0.6 is 23.1 Å². The van der Waals surface area contributed by atoms with E-state index in [1.54, 1.807) is 41.9 Å². The number of aryl methyl sites for hydroxylation is 2. The second-order valence-electron chi connectivity index (χ2n) is 6.44. The number of rotatable bonds is 5. The third kappa shape index (κ3) is 3.74. The lowest BCUT2D eigenvalue weighted by Crippen LogP contribution is -2.32. The van der Waals surface area contributed by atoms with E-state index in [1.807, 2.05) is 0 Å². The number of methoxy groups -OCH3 is 1. The molecule has 144 valence electrons. The lowest BCUT2D eigenvalue weighted by molar-refractivity contribution is -0.117. The fourth-order valence-electron chi connectivity index (χ4n) is 3.37. The van der Waals surface area contributed by atoms with Crippen LogP contribution in [0.2, 0.25) is 0 Å². The Bertz CT molecular complexity index is 1050. The van der Waals surface area contributed by atoms with Crippen LogP contribution in [0.5, 0.6) is 5.75 Å². The van der Waals surface area contributed by atoms with Gasteiger partial charge in [-0.05, 0) is 43.4 Å². The molecule has 8 heteroatoms. The van der Waals surface area contributed by atoms with Gasteiger partial charge in [0.25, 0.3) is 5.91 Å². The van der Waals surface area contributed by atoms with Gasteiger partial charge in [-0.1, -0.05) is 23.9 Å². The monoisotopic (exact) mass is 413 g/mol. The molecule has 0 saturated carbocycles. The van der Waals surface area contributed by atoms with Crippen LogP contribution < -0.4 is 10.1 Å². The van der Waals surface area contributed by atoms with E-state index in [2.05, 4.69) is 15.3 Å². The number of nitrogens with one attached hydrogen (secondary N) is 1. The maximum Gasteiger partial charge on any atom is 0.261 e. The first-order valence-corrected chi connectivity index (χ1v) is 10.8. The highest BCUT2D eigenvalue weighted by Crippen LogP contribution is 2.39. The van der Waals surface area contributed by atoms with Crippen molar-refractivity contribution in [1.82, 2.24) is 15.3 Å². The Hall–Kier alpha value is -2.45. The fourth-order valence-corrected chi connectivity index (χ4v) is 5.49. The van der Waals surface area contributed by atoms with E-state index < -0.39 is 5.91 Å². The molecular formula is C20H19N3O3S2. The minimum Gasteiger partial charge on any atom is -0.496 e. The average Bonchev–Trinajstić information content (AvgIpc) is 3.11. The zero-order valence-electron chi connectivity index (χ0n) is 15.4. The van der Waals surface area contributed by atoms with Crippen molar-refractivity contribution < 1.29 is 14.3 Å². The molecule has 0 fully saturated rings. The fraction of sp³-hybridized carbons (Fsp3) is 0.300. The number of hydrogen-bond donors (Lipinski definition) is 1. The van der Waals surface area contributed by atoms with Crippen molar-refractivity contribution in [3.05, 3.63) is 46.6 Å². The van der Waals surface area contributed by atoms with Crippen molar-refractivity contribution in [3.8, 4) is 5.75 Å². The normalized spacial score (nSPS) is 13.2. The summed E-state index contributed by atoms with van der Waals surface area (Å²) < 4.78 is 5.18. The number of para-hydroxylation sites is 1. The first-order valence-electron chi connectivity index (χ1n) is 9.02. The number of amides is 2. The highest BCUT2D eigenvalue weighted by atomic mass is 32.2. The van der Waals surface area contributed by atoms with Crippen LogP contribution in [0.15, 0.2) is 35.6 Å². The van der Waals surface area contributed by atoms with E-state index in [4.69, 9.17) is 4.74 Å². The summed E-state index contributed by atoms with van der Waals surface area (Å²) in [6, 6.07) is 6.81. The van der Waals surface area contributed by atoms with Crippen LogP contribution in [-0.4, -0.2) is 34.6 Å². The van der Waals surface area contributed by atoms with Gasteiger partial charge in [0.1, 0.15) is 21.9 Å². The average molecular weight is 414 g/mol. The number of carbonyl (C=O) groups excluding carboxylic acids is 2. The summed E-state index contributed by atoms with van der Waals surface area (Å²) in [5.74, 6) is -0.291. The number of imide groups is 1. The molecule has 0 radical (unpaired) electrons. The van der Waals surface area contributed by atoms with Crippen LogP contribution in [-0.2, 0) is 17.6 Å². The predicted molar refractivity (Wildman–Crippen MR) is 110 cm³/mol. The summed E-state index contributed by atoms with van der Waals surface area (Å²) in [5, 5.41) is 4.32. The van der Waals surface area contributed by atoms with Gasteiger partial charge in [0.05, 0.1) is 18.4 Å². The summed E-state index contributed by atoms with van der Waals surface area (Å²) >= 11 is 3.07. The Kier molecular flexibility index (Phi) is 5.59. The molecule has 1 aromatic carbocycles. The van der Waals surface area contributed by atoms with E-state index in [1.165, 1.54) is 42.2 Å². The quantitative estimate of drug-likeness (QED) is 0.508. The number of thioether (sulfide) groups is 1. The SMILES string of the molecule is COc1ccccc1C(=O)NC(=O)CSc1ncnc2sc3c(c12)CCCC3. The summed E-state index contributed by atoms with van der Waals surface area (Å²) in [4.78, 5) is 35.9. The molecule has 1 aliphatic carbocycles. The van der Waals surface area contributed by atoms with E-state index in [0.29, 0.717) is 11.3 Å². The maximum absolute atomic E-state index is 12.4. The number of benzene rings is 1. The zero-order chi connectivity index (χ0) is 19.5. The van der Waals surface area contributed by atoms with Crippen LogP contribution in [0.4, 0.5) is 0 Å². The van der Waals surface area contributed by atoms with E-state index >= 15 is 0 Å². The molecule has 0 atom stereocenters. The Morgan fingerprint density at radius 1 is 1.21 bits per heavy atom. The largest absolute Gasteiger partial charge is 0.496 e. The number of thiophene rings is 1. The molecule has 3 aromatic rings. The second kappa shape index (κ2) is 8.28. The van der Waals surface area contributed by atoms with Gasteiger partial charge in [0.15, 0.2) is 0 Å². The van der Waals surface area contributed by atoms with E-state index in [9.17, 15) is 9.59 Å². The minimum atomic E-state index is -0.469. The molecule has 2 amide bonds. The smallest absolute Gasteiger partial charge is 0.261 e. The van der Waals surface area contributed by atoms with Gasteiger partial charge in [-0.25, -0.2) is 9.97 Å². The molecule has 1 N–H and O–H groups in total. The highest BCUT2D eigenvalue weighted by Gasteiger charge is 2.21. The molecule has 28 heavy (non-hydrogen) atoms. The molecule has 0 bridgehead atoms. The molecule has 6 nitrogen and oxygen atoms in total. The van der Waals surface area contributed by atoms with Gasteiger partial charge < -0.3 is 4.74 Å². The van der Waals surface area contributed by atoms with Gasteiger partial charge in [0.2, 0.25) is 5.91 Å². The molecule has 0 spiro atoms. The number of fused-ring (bicyclic) bond motifs is 3. The Morgan fingerprint density at radius 2 is 2.04 bits per heavy atom. The predicted octanol–water partition coefficient (Wildman–Crippen LogP) is 3.63. The second-order valence-corrected chi connectivity index (χ2v) is 8.48.